The summed E-state index contributed by atoms with van der Waals surface area (Å²) >= 11 is 5.34. The number of carbonyl (C=O) groups excluding carboxylic acids is 1. The van der Waals surface area contributed by atoms with Crippen LogP contribution in [0.15, 0.2) is 29.1 Å². The summed E-state index contributed by atoms with van der Waals surface area (Å²) in [6.07, 6.45) is 7.85. The third-order valence-corrected chi connectivity index (χ3v) is 6.59. The zero-order valence-electron chi connectivity index (χ0n) is 17.5. The van der Waals surface area contributed by atoms with Gasteiger partial charge in [-0.05, 0) is 64.1 Å². The molecule has 0 spiro atoms. The van der Waals surface area contributed by atoms with Crippen LogP contribution in [0.5, 0.6) is 0 Å². The van der Waals surface area contributed by atoms with Gasteiger partial charge in [-0.15, -0.1) is 0 Å². The Balaban J connectivity index is 1.43. The van der Waals surface area contributed by atoms with Gasteiger partial charge in [0.15, 0.2) is 4.77 Å². The van der Waals surface area contributed by atoms with Crippen molar-refractivity contribution in [3.05, 3.63) is 39.4 Å². The molecule has 0 atom stereocenters. The second kappa shape index (κ2) is 9.67. The Bertz CT molecular complexity index is 957. The fraction of sp³-hybridized carbons (Fsp3) is 0.591. The van der Waals surface area contributed by atoms with E-state index in [-0.39, 0.29) is 17.0 Å². The first kappa shape index (κ1) is 21.7. The van der Waals surface area contributed by atoms with Crippen molar-refractivity contribution in [3.8, 4) is 0 Å². The first-order chi connectivity index (χ1) is 13.9. The minimum absolute atomic E-state index is 0.0485. The summed E-state index contributed by atoms with van der Waals surface area (Å²) in [4.78, 5) is 30.3. The van der Waals surface area contributed by atoms with E-state index in [1.807, 2.05) is 24.3 Å². The standard InChI is InChI=1S/C22H32N4O2S/c1-25(2)22(13-7-8-14-22)16-23-19(27)12-4-3-9-15-26-20(28)17-10-5-6-11-18(17)24-21(26)29/h5-6,10-11H,3-4,7-9,12-16H2,1-2H3,(H,23,27)(H,24,29). The second-order valence-electron chi connectivity index (χ2n) is 8.35. The summed E-state index contributed by atoms with van der Waals surface area (Å²) in [5.74, 6) is 0.123. The third kappa shape index (κ3) is 5.14. The fourth-order valence-corrected chi connectivity index (χ4v) is 4.59. The number of carbonyl (C=O) groups is 1. The average molecular weight is 417 g/mol. The molecule has 1 amide bonds. The lowest BCUT2D eigenvalue weighted by molar-refractivity contribution is -0.121. The van der Waals surface area contributed by atoms with Crippen molar-refractivity contribution < 1.29 is 4.79 Å². The van der Waals surface area contributed by atoms with Crippen LogP contribution in [-0.4, -0.2) is 46.5 Å². The number of nitrogens with one attached hydrogen (secondary N) is 2. The fourth-order valence-electron chi connectivity index (χ4n) is 4.30. The molecule has 1 heterocycles. The molecule has 1 fully saturated rings. The van der Waals surface area contributed by atoms with Gasteiger partial charge in [0.2, 0.25) is 5.91 Å². The maximum Gasteiger partial charge on any atom is 0.262 e. The van der Waals surface area contributed by atoms with E-state index < -0.39 is 0 Å². The van der Waals surface area contributed by atoms with Crippen molar-refractivity contribution in [1.82, 2.24) is 19.8 Å². The Kier molecular flexibility index (Phi) is 7.24. The van der Waals surface area contributed by atoms with Gasteiger partial charge < -0.3 is 15.2 Å². The van der Waals surface area contributed by atoms with Gasteiger partial charge >= 0.3 is 0 Å². The predicted octanol–water partition coefficient (Wildman–Crippen LogP) is 3.61. The number of benzene rings is 1. The SMILES string of the molecule is CN(C)C1(CNC(=O)CCCCCn2c(=S)[nH]c3ccccc3c2=O)CCCC1. The molecule has 1 aromatic carbocycles. The summed E-state index contributed by atoms with van der Waals surface area (Å²) in [6.45, 7) is 1.31. The van der Waals surface area contributed by atoms with Crippen LogP contribution in [0.1, 0.15) is 51.4 Å². The normalized spacial score (nSPS) is 15.8. The Labute approximate surface area is 177 Å². The number of H-pyrrole nitrogens is 1. The Morgan fingerprint density at radius 3 is 2.66 bits per heavy atom. The highest BCUT2D eigenvalue weighted by atomic mass is 32.1. The molecule has 2 N–H and O–H groups in total. The molecular weight excluding hydrogens is 384 g/mol. The smallest absolute Gasteiger partial charge is 0.262 e. The summed E-state index contributed by atoms with van der Waals surface area (Å²) < 4.78 is 2.08. The third-order valence-electron chi connectivity index (χ3n) is 6.27. The second-order valence-corrected chi connectivity index (χ2v) is 8.73. The molecule has 2 aromatic rings. The van der Waals surface area contributed by atoms with E-state index in [4.69, 9.17) is 12.2 Å². The number of aromatic nitrogens is 2. The Morgan fingerprint density at radius 2 is 1.93 bits per heavy atom. The van der Waals surface area contributed by atoms with Crippen molar-refractivity contribution in [2.24, 2.45) is 0 Å². The van der Waals surface area contributed by atoms with Gasteiger partial charge in [0.1, 0.15) is 0 Å². The van der Waals surface area contributed by atoms with Crippen LogP contribution in [-0.2, 0) is 11.3 Å². The molecule has 0 saturated heterocycles. The molecule has 6 nitrogen and oxygen atoms in total. The van der Waals surface area contributed by atoms with E-state index in [2.05, 4.69) is 29.3 Å². The number of aromatic amines is 1. The van der Waals surface area contributed by atoms with Gasteiger partial charge in [0.05, 0.1) is 10.9 Å². The van der Waals surface area contributed by atoms with Crippen LogP contribution in [0.25, 0.3) is 10.9 Å². The van der Waals surface area contributed by atoms with E-state index in [1.165, 1.54) is 12.8 Å². The van der Waals surface area contributed by atoms with Crippen LogP contribution < -0.4 is 10.9 Å². The molecule has 0 radical (unpaired) electrons. The zero-order valence-corrected chi connectivity index (χ0v) is 18.3. The number of hydrogen-bond acceptors (Lipinski definition) is 4. The van der Waals surface area contributed by atoms with Crippen molar-refractivity contribution in [2.75, 3.05) is 20.6 Å². The molecule has 158 valence electrons. The predicted molar refractivity (Wildman–Crippen MR) is 120 cm³/mol. The van der Waals surface area contributed by atoms with Crippen LogP contribution in [0, 0.1) is 4.77 Å². The number of para-hydroxylation sites is 1. The van der Waals surface area contributed by atoms with Gasteiger partial charge in [-0.1, -0.05) is 31.4 Å². The van der Waals surface area contributed by atoms with E-state index >= 15 is 0 Å². The molecule has 0 bridgehead atoms. The van der Waals surface area contributed by atoms with E-state index in [1.54, 1.807) is 4.57 Å². The number of hydrogen-bond donors (Lipinski definition) is 2. The summed E-state index contributed by atoms with van der Waals surface area (Å²) in [5.41, 5.74) is 0.851. The van der Waals surface area contributed by atoms with E-state index in [0.717, 1.165) is 44.2 Å². The number of amides is 1. The Hall–Kier alpha value is -1.99. The highest BCUT2D eigenvalue weighted by Crippen LogP contribution is 2.33. The van der Waals surface area contributed by atoms with Crippen LogP contribution in [0.2, 0.25) is 0 Å². The summed E-state index contributed by atoms with van der Waals surface area (Å²) in [7, 11) is 4.22. The van der Waals surface area contributed by atoms with E-state index in [9.17, 15) is 9.59 Å². The number of likely N-dealkylation sites (N-methyl/N-ethyl adjacent to an activating group) is 1. The van der Waals surface area contributed by atoms with Gasteiger partial charge in [-0.2, -0.15) is 0 Å². The molecule has 29 heavy (non-hydrogen) atoms. The van der Waals surface area contributed by atoms with Crippen molar-refractivity contribution in [3.63, 3.8) is 0 Å². The quantitative estimate of drug-likeness (QED) is 0.484. The number of nitrogens with zero attached hydrogens (tertiary/aromatic N) is 2. The number of rotatable bonds is 9. The Morgan fingerprint density at radius 1 is 1.21 bits per heavy atom. The summed E-state index contributed by atoms with van der Waals surface area (Å²) in [5, 5.41) is 3.79. The van der Waals surface area contributed by atoms with Crippen LogP contribution in [0.3, 0.4) is 0 Å². The van der Waals surface area contributed by atoms with E-state index in [0.29, 0.717) is 23.1 Å². The molecule has 0 unspecified atom stereocenters. The average Bonchev–Trinajstić information content (AvgIpc) is 3.19. The van der Waals surface area contributed by atoms with Gasteiger partial charge in [0.25, 0.3) is 5.56 Å². The largest absolute Gasteiger partial charge is 0.354 e. The van der Waals surface area contributed by atoms with Gasteiger partial charge in [-0.3, -0.25) is 14.2 Å². The minimum Gasteiger partial charge on any atom is -0.354 e. The van der Waals surface area contributed by atoms with Crippen LogP contribution in [0.4, 0.5) is 0 Å². The minimum atomic E-state index is -0.0485. The molecule has 7 heteroatoms. The van der Waals surface area contributed by atoms with Crippen molar-refractivity contribution >= 4 is 29.0 Å². The summed E-state index contributed by atoms with van der Waals surface area (Å²) in [6, 6.07) is 7.42. The zero-order chi connectivity index (χ0) is 20.9. The molecule has 1 aliphatic rings. The maximum atomic E-state index is 12.6. The lowest BCUT2D eigenvalue weighted by Crippen LogP contribution is -2.50. The lowest BCUT2D eigenvalue weighted by Gasteiger charge is -2.36. The molecule has 3 rings (SSSR count). The van der Waals surface area contributed by atoms with Crippen molar-refractivity contribution in [1.29, 1.82) is 0 Å². The highest BCUT2D eigenvalue weighted by molar-refractivity contribution is 7.71. The first-order valence-corrected chi connectivity index (χ1v) is 11.0. The van der Waals surface area contributed by atoms with Crippen molar-refractivity contribution in [2.45, 2.75) is 63.5 Å². The first-order valence-electron chi connectivity index (χ1n) is 10.6. The number of unbranched alkanes of at least 4 members (excludes halogenated alkanes) is 2. The van der Waals surface area contributed by atoms with Gasteiger partial charge in [-0.25, -0.2) is 0 Å². The molecule has 1 aromatic heterocycles. The maximum absolute atomic E-state index is 12.6. The topological polar surface area (TPSA) is 70.1 Å². The monoisotopic (exact) mass is 416 g/mol. The lowest BCUT2D eigenvalue weighted by atomic mass is 9.96. The van der Waals surface area contributed by atoms with Crippen LogP contribution >= 0.6 is 12.2 Å². The number of fused-ring (bicyclic) bond motifs is 1. The molecule has 0 aliphatic heterocycles. The molecule has 1 saturated carbocycles. The van der Waals surface area contributed by atoms with Gasteiger partial charge in [0, 0.05) is 25.0 Å². The highest BCUT2D eigenvalue weighted by Gasteiger charge is 2.35. The molecular formula is C22H32N4O2S. The molecule has 1 aliphatic carbocycles.